The van der Waals surface area contributed by atoms with Crippen LogP contribution < -0.4 is 5.73 Å². The molecule has 1 amide bonds. The second kappa shape index (κ2) is 5.11. The van der Waals surface area contributed by atoms with E-state index in [1.54, 1.807) is 11.8 Å². The molecule has 1 unspecified atom stereocenters. The molecule has 0 aromatic heterocycles. The molecule has 0 bridgehead atoms. The number of carbonyl (C=O) groups is 1. The summed E-state index contributed by atoms with van der Waals surface area (Å²) in [6.07, 6.45) is 0. The molecule has 0 aliphatic rings. The highest BCUT2D eigenvalue weighted by molar-refractivity contribution is 5.86. The lowest BCUT2D eigenvalue weighted by Gasteiger charge is -2.33. The minimum Gasteiger partial charge on any atom is -0.343 e. The number of nitrogens with zero attached hydrogens (tertiary/aromatic N) is 1. The van der Waals surface area contributed by atoms with Crippen molar-refractivity contribution in [2.75, 3.05) is 13.6 Å². The van der Waals surface area contributed by atoms with E-state index in [0.29, 0.717) is 6.54 Å². The van der Waals surface area contributed by atoms with Gasteiger partial charge in [0.25, 0.3) is 0 Å². The lowest BCUT2D eigenvalue weighted by Crippen LogP contribution is -2.51. The Morgan fingerprint density at radius 3 is 2.11 bits per heavy atom. The number of nitrogens with two attached hydrogens (primary N) is 1. The molecule has 1 aromatic carbocycles. The maximum absolute atomic E-state index is 12.4. The lowest BCUT2D eigenvalue weighted by atomic mass is 9.90. The van der Waals surface area contributed by atoms with Crippen LogP contribution >= 0.6 is 0 Å². The average Bonchev–Trinajstić information content (AvgIpc) is 2.27. The molecular weight excluding hydrogens is 224 g/mol. The molecule has 0 heterocycles. The molecule has 0 saturated carbocycles. The van der Waals surface area contributed by atoms with E-state index in [0.717, 1.165) is 5.56 Å². The number of hydrogen-bond donors (Lipinski definition) is 1. The SMILES string of the molecule is CN(CC(C)(C)C)C(=O)C(C)(N)c1ccccc1. The minimum absolute atomic E-state index is 0.0522. The molecule has 0 radical (unpaired) electrons. The van der Waals surface area contributed by atoms with Crippen LogP contribution in [-0.4, -0.2) is 24.4 Å². The second-order valence-electron chi connectivity index (χ2n) is 6.29. The molecule has 0 spiro atoms. The van der Waals surface area contributed by atoms with E-state index < -0.39 is 5.54 Å². The average molecular weight is 248 g/mol. The van der Waals surface area contributed by atoms with Crippen molar-refractivity contribution in [2.45, 2.75) is 33.2 Å². The van der Waals surface area contributed by atoms with Crippen LogP contribution in [0.1, 0.15) is 33.3 Å². The Balaban J connectivity index is 2.89. The number of likely N-dealkylation sites (N-methyl/N-ethyl adjacent to an activating group) is 1. The lowest BCUT2D eigenvalue weighted by molar-refractivity contribution is -0.136. The number of hydrogen-bond acceptors (Lipinski definition) is 2. The summed E-state index contributed by atoms with van der Waals surface area (Å²) in [5.74, 6) is -0.0522. The predicted octanol–water partition coefficient (Wildman–Crippen LogP) is 2.37. The third-order valence-electron chi connectivity index (χ3n) is 2.88. The Kier molecular flexibility index (Phi) is 4.17. The summed E-state index contributed by atoms with van der Waals surface area (Å²) < 4.78 is 0. The number of amides is 1. The van der Waals surface area contributed by atoms with Crippen LogP contribution in [-0.2, 0) is 10.3 Å². The molecule has 18 heavy (non-hydrogen) atoms. The normalized spacial score (nSPS) is 15.0. The smallest absolute Gasteiger partial charge is 0.246 e. The third kappa shape index (κ3) is 3.57. The highest BCUT2D eigenvalue weighted by Gasteiger charge is 2.34. The molecule has 3 nitrogen and oxygen atoms in total. The zero-order chi connectivity index (χ0) is 14.0. The van der Waals surface area contributed by atoms with E-state index in [1.807, 2.05) is 37.4 Å². The largest absolute Gasteiger partial charge is 0.343 e. The zero-order valence-electron chi connectivity index (χ0n) is 12.0. The Labute approximate surface area is 110 Å². The highest BCUT2D eigenvalue weighted by atomic mass is 16.2. The molecular formula is C15H24N2O. The molecule has 0 fully saturated rings. The van der Waals surface area contributed by atoms with Crippen molar-refractivity contribution in [3.63, 3.8) is 0 Å². The zero-order valence-corrected chi connectivity index (χ0v) is 12.0. The summed E-state index contributed by atoms with van der Waals surface area (Å²) in [6, 6.07) is 9.50. The van der Waals surface area contributed by atoms with Crippen LogP contribution in [0.3, 0.4) is 0 Å². The fraction of sp³-hybridized carbons (Fsp3) is 0.533. The van der Waals surface area contributed by atoms with Gasteiger partial charge in [-0.25, -0.2) is 0 Å². The van der Waals surface area contributed by atoms with Crippen LogP contribution in [0.2, 0.25) is 0 Å². The predicted molar refractivity (Wildman–Crippen MR) is 75.1 cm³/mol. The molecule has 1 aromatic rings. The van der Waals surface area contributed by atoms with Crippen molar-refractivity contribution in [3.05, 3.63) is 35.9 Å². The Morgan fingerprint density at radius 1 is 1.17 bits per heavy atom. The van der Waals surface area contributed by atoms with Crippen molar-refractivity contribution in [1.82, 2.24) is 4.90 Å². The third-order valence-corrected chi connectivity index (χ3v) is 2.88. The first-order chi connectivity index (χ1) is 8.14. The first-order valence-electron chi connectivity index (χ1n) is 6.24. The van der Waals surface area contributed by atoms with Gasteiger partial charge in [-0.15, -0.1) is 0 Å². The van der Waals surface area contributed by atoms with E-state index in [4.69, 9.17) is 5.73 Å². The minimum atomic E-state index is -0.971. The van der Waals surface area contributed by atoms with Crippen LogP contribution in [0.25, 0.3) is 0 Å². The van der Waals surface area contributed by atoms with Crippen LogP contribution in [0.5, 0.6) is 0 Å². The van der Waals surface area contributed by atoms with Gasteiger partial charge >= 0.3 is 0 Å². The van der Waals surface area contributed by atoms with Crippen molar-refractivity contribution in [2.24, 2.45) is 11.1 Å². The highest BCUT2D eigenvalue weighted by Crippen LogP contribution is 2.22. The maximum atomic E-state index is 12.4. The Morgan fingerprint density at radius 2 is 1.67 bits per heavy atom. The summed E-state index contributed by atoms with van der Waals surface area (Å²) >= 11 is 0. The van der Waals surface area contributed by atoms with Crippen molar-refractivity contribution in [1.29, 1.82) is 0 Å². The van der Waals surface area contributed by atoms with Crippen molar-refractivity contribution >= 4 is 5.91 Å². The van der Waals surface area contributed by atoms with E-state index in [-0.39, 0.29) is 11.3 Å². The van der Waals surface area contributed by atoms with E-state index in [9.17, 15) is 4.79 Å². The van der Waals surface area contributed by atoms with Crippen LogP contribution in [0.4, 0.5) is 0 Å². The van der Waals surface area contributed by atoms with Gasteiger partial charge in [-0.2, -0.15) is 0 Å². The molecule has 0 aliphatic carbocycles. The monoisotopic (exact) mass is 248 g/mol. The molecule has 0 saturated heterocycles. The van der Waals surface area contributed by atoms with Crippen LogP contribution in [0, 0.1) is 5.41 Å². The molecule has 1 atom stereocenters. The number of rotatable bonds is 3. The summed E-state index contributed by atoms with van der Waals surface area (Å²) in [7, 11) is 1.81. The summed E-state index contributed by atoms with van der Waals surface area (Å²) in [6.45, 7) is 8.77. The Hall–Kier alpha value is -1.35. The topological polar surface area (TPSA) is 46.3 Å². The second-order valence-corrected chi connectivity index (χ2v) is 6.29. The van der Waals surface area contributed by atoms with Crippen LogP contribution in [0.15, 0.2) is 30.3 Å². The fourth-order valence-electron chi connectivity index (χ4n) is 2.09. The maximum Gasteiger partial charge on any atom is 0.246 e. The molecule has 100 valence electrons. The van der Waals surface area contributed by atoms with Gasteiger partial charge in [0.05, 0.1) is 0 Å². The molecule has 1 rings (SSSR count). The quantitative estimate of drug-likeness (QED) is 0.892. The summed E-state index contributed by atoms with van der Waals surface area (Å²) in [5, 5.41) is 0. The number of benzene rings is 1. The summed E-state index contributed by atoms with van der Waals surface area (Å²) in [5.41, 5.74) is 6.15. The fourth-order valence-corrected chi connectivity index (χ4v) is 2.09. The van der Waals surface area contributed by atoms with Gasteiger partial charge in [0, 0.05) is 13.6 Å². The molecule has 0 aliphatic heterocycles. The summed E-state index contributed by atoms with van der Waals surface area (Å²) in [4.78, 5) is 14.2. The van der Waals surface area contributed by atoms with Gasteiger partial charge in [-0.3, -0.25) is 4.79 Å². The van der Waals surface area contributed by atoms with Gasteiger partial charge in [-0.05, 0) is 17.9 Å². The first kappa shape index (κ1) is 14.7. The molecule has 3 heteroatoms. The number of carbonyl (C=O) groups excluding carboxylic acids is 1. The van der Waals surface area contributed by atoms with Gasteiger partial charge in [0.2, 0.25) is 5.91 Å². The Bertz CT molecular complexity index is 404. The van der Waals surface area contributed by atoms with Gasteiger partial charge in [0.1, 0.15) is 5.54 Å². The van der Waals surface area contributed by atoms with Crippen molar-refractivity contribution in [3.8, 4) is 0 Å². The van der Waals surface area contributed by atoms with Gasteiger partial charge < -0.3 is 10.6 Å². The van der Waals surface area contributed by atoms with Gasteiger partial charge in [0.15, 0.2) is 0 Å². The molecule has 2 N–H and O–H groups in total. The standard InChI is InChI=1S/C15H24N2O/c1-14(2,3)11-17(5)13(18)15(4,16)12-9-7-6-8-10-12/h6-10H,11,16H2,1-5H3. The van der Waals surface area contributed by atoms with E-state index in [1.165, 1.54) is 0 Å². The van der Waals surface area contributed by atoms with Gasteiger partial charge in [-0.1, -0.05) is 51.1 Å². The first-order valence-corrected chi connectivity index (χ1v) is 6.24. The van der Waals surface area contributed by atoms with Crippen molar-refractivity contribution < 1.29 is 4.79 Å². The van der Waals surface area contributed by atoms with E-state index >= 15 is 0 Å². The van der Waals surface area contributed by atoms with E-state index in [2.05, 4.69) is 20.8 Å².